The quantitative estimate of drug-likeness (QED) is 0.740. The van der Waals surface area contributed by atoms with E-state index in [0.717, 1.165) is 63.2 Å². The average Bonchev–Trinajstić information content (AvgIpc) is 3.49. The summed E-state index contributed by atoms with van der Waals surface area (Å²) in [6, 6.07) is 2.65. The first kappa shape index (κ1) is 18.7. The van der Waals surface area contributed by atoms with Crippen molar-refractivity contribution in [1.82, 2.24) is 9.80 Å². The van der Waals surface area contributed by atoms with Crippen molar-refractivity contribution in [3.05, 3.63) is 21.9 Å². The van der Waals surface area contributed by atoms with Gasteiger partial charge in [0.1, 0.15) is 0 Å². The number of nitrogens with zero attached hydrogens (tertiary/aromatic N) is 2. The van der Waals surface area contributed by atoms with Crippen molar-refractivity contribution < 1.29 is 9.59 Å². The Morgan fingerprint density at radius 1 is 0.893 bits per heavy atom. The summed E-state index contributed by atoms with van der Waals surface area (Å²) in [4.78, 5) is 31.1. The van der Waals surface area contributed by atoms with Crippen molar-refractivity contribution in [2.24, 2.45) is 11.8 Å². The van der Waals surface area contributed by atoms with Gasteiger partial charge in [-0.2, -0.15) is 0 Å². The van der Waals surface area contributed by atoms with Crippen molar-refractivity contribution >= 4 is 23.2 Å². The van der Waals surface area contributed by atoms with Gasteiger partial charge in [0, 0.05) is 41.9 Å². The molecule has 2 amide bonds. The summed E-state index contributed by atoms with van der Waals surface area (Å²) in [5, 5.41) is 2.09. The van der Waals surface area contributed by atoms with Crippen LogP contribution in [0.3, 0.4) is 0 Å². The Morgan fingerprint density at radius 2 is 1.64 bits per heavy atom. The molecule has 2 aliphatic heterocycles. The number of likely N-dealkylation sites (tertiary alicyclic amines) is 2. The largest absolute Gasteiger partial charge is 0.342 e. The van der Waals surface area contributed by atoms with Crippen LogP contribution in [0.5, 0.6) is 0 Å². The van der Waals surface area contributed by atoms with Gasteiger partial charge < -0.3 is 9.80 Å². The number of hydrogen-bond donors (Lipinski definition) is 0. The van der Waals surface area contributed by atoms with Gasteiger partial charge in [0.2, 0.25) is 5.91 Å². The van der Waals surface area contributed by atoms with E-state index in [9.17, 15) is 9.59 Å². The molecule has 0 N–H and O–H groups in total. The molecule has 0 bridgehead atoms. The third-order valence-corrected chi connectivity index (χ3v) is 8.60. The Labute approximate surface area is 172 Å². The molecule has 2 saturated carbocycles. The molecule has 4 aliphatic rings. The molecule has 4 fully saturated rings. The van der Waals surface area contributed by atoms with Gasteiger partial charge in [-0.05, 0) is 69.3 Å². The fourth-order valence-electron chi connectivity index (χ4n) is 5.69. The Balaban J connectivity index is 1.22. The lowest BCUT2D eigenvalue weighted by atomic mass is 9.78. The first-order chi connectivity index (χ1) is 13.7. The minimum absolute atomic E-state index is 0.264. The second kappa shape index (κ2) is 7.81. The minimum Gasteiger partial charge on any atom is -0.342 e. The zero-order valence-electron chi connectivity index (χ0n) is 16.8. The second-order valence-electron chi connectivity index (χ2n) is 9.36. The summed E-state index contributed by atoms with van der Waals surface area (Å²) in [5.41, 5.74) is 0.905. The first-order valence-corrected chi connectivity index (χ1v) is 12.3. The zero-order valence-corrected chi connectivity index (χ0v) is 17.6. The third kappa shape index (κ3) is 3.62. The molecular formula is C23H32N2O2S. The molecule has 4 nitrogen and oxygen atoms in total. The molecule has 5 rings (SSSR count). The van der Waals surface area contributed by atoms with Gasteiger partial charge in [-0.25, -0.2) is 0 Å². The zero-order chi connectivity index (χ0) is 19.1. The number of rotatable bonds is 3. The highest BCUT2D eigenvalue weighted by Gasteiger charge is 2.37. The van der Waals surface area contributed by atoms with E-state index < -0.39 is 0 Å². The molecule has 0 aromatic carbocycles. The predicted molar refractivity (Wildman–Crippen MR) is 112 cm³/mol. The van der Waals surface area contributed by atoms with Gasteiger partial charge in [0.05, 0.1) is 5.56 Å². The van der Waals surface area contributed by atoms with Crippen LogP contribution in [0.1, 0.15) is 85.4 Å². The lowest BCUT2D eigenvalue weighted by Gasteiger charge is -2.44. The van der Waals surface area contributed by atoms with E-state index in [4.69, 9.17) is 0 Å². The lowest BCUT2D eigenvalue weighted by molar-refractivity contribution is -0.133. The van der Waals surface area contributed by atoms with Crippen molar-refractivity contribution in [2.45, 2.75) is 76.2 Å². The summed E-state index contributed by atoms with van der Waals surface area (Å²) in [5.74, 6) is 2.22. The van der Waals surface area contributed by atoms with Gasteiger partial charge in [0.15, 0.2) is 0 Å². The number of carbonyl (C=O) groups excluding carboxylic acids is 2. The SMILES string of the molecule is O=C(C1CC1)N1CCC(c2cc(C(=O)N3CCCC4CCCCC43)cs2)CC1. The molecule has 1 aromatic rings. The molecule has 0 radical (unpaired) electrons. The van der Waals surface area contributed by atoms with Crippen LogP contribution >= 0.6 is 11.3 Å². The predicted octanol–water partition coefficient (Wildman–Crippen LogP) is 4.66. The van der Waals surface area contributed by atoms with Crippen molar-refractivity contribution in [3.8, 4) is 0 Å². The molecule has 1 aromatic heterocycles. The molecular weight excluding hydrogens is 368 g/mol. The molecule has 28 heavy (non-hydrogen) atoms. The van der Waals surface area contributed by atoms with Crippen LogP contribution in [0.25, 0.3) is 0 Å². The first-order valence-electron chi connectivity index (χ1n) is 11.4. The van der Waals surface area contributed by atoms with E-state index in [1.165, 1.54) is 37.0 Å². The Kier molecular flexibility index (Phi) is 5.20. The summed E-state index contributed by atoms with van der Waals surface area (Å²) in [7, 11) is 0. The number of piperidine rings is 2. The van der Waals surface area contributed by atoms with E-state index in [1.54, 1.807) is 11.3 Å². The highest BCUT2D eigenvalue weighted by molar-refractivity contribution is 7.10. The molecule has 3 heterocycles. The van der Waals surface area contributed by atoms with Gasteiger partial charge in [-0.15, -0.1) is 11.3 Å². The molecule has 2 atom stereocenters. The van der Waals surface area contributed by atoms with E-state index in [2.05, 4.69) is 21.2 Å². The molecule has 0 spiro atoms. The maximum Gasteiger partial charge on any atom is 0.254 e. The topological polar surface area (TPSA) is 40.6 Å². The Bertz CT molecular complexity index is 731. The number of hydrogen-bond acceptors (Lipinski definition) is 3. The van der Waals surface area contributed by atoms with Crippen LogP contribution < -0.4 is 0 Å². The van der Waals surface area contributed by atoms with Crippen molar-refractivity contribution in [1.29, 1.82) is 0 Å². The number of fused-ring (bicyclic) bond motifs is 1. The number of carbonyl (C=O) groups is 2. The van der Waals surface area contributed by atoms with Crippen molar-refractivity contribution in [2.75, 3.05) is 19.6 Å². The highest BCUT2D eigenvalue weighted by atomic mass is 32.1. The molecule has 152 valence electrons. The van der Waals surface area contributed by atoms with Crippen LogP contribution in [0.15, 0.2) is 11.4 Å². The second-order valence-corrected chi connectivity index (χ2v) is 10.3. The standard InChI is InChI=1S/C23H32N2O2S/c26-22(18-7-8-18)24-12-9-17(10-13-24)21-14-19(15-28-21)23(27)25-11-3-5-16-4-1-2-6-20(16)25/h14-18,20H,1-13H2. The Morgan fingerprint density at radius 3 is 2.43 bits per heavy atom. The van der Waals surface area contributed by atoms with Crippen LogP contribution in [0.2, 0.25) is 0 Å². The molecule has 2 unspecified atom stereocenters. The smallest absolute Gasteiger partial charge is 0.254 e. The third-order valence-electron chi connectivity index (χ3n) is 7.51. The normalized spacial score (nSPS) is 28.9. The van der Waals surface area contributed by atoms with Crippen LogP contribution in [-0.4, -0.2) is 47.3 Å². The van der Waals surface area contributed by atoms with Crippen LogP contribution in [-0.2, 0) is 4.79 Å². The van der Waals surface area contributed by atoms with Gasteiger partial charge in [-0.1, -0.05) is 12.8 Å². The highest BCUT2D eigenvalue weighted by Crippen LogP contribution is 2.38. The monoisotopic (exact) mass is 400 g/mol. The molecule has 2 aliphatic carbocycles. The summed E-state index contributed by atoms with van der Waals surface area (Å²) < 4.78 is 0. The van der Waals surface area contributed by atoms with E-state index >= 15 is 0 Å². The van der Waals surface area contributed by atoms with Crippen molar-refractivity contribution in [3.63, 3.8) is 0 Å². The summed E-state index contributed by atoms with van der Waals surface area (Å²) >= 11 is 1.76. The minimum atomic E-state index is 0.264. The maximum absolute atomic E-state index is 13.3. The number of amides is 2. The van der Waals surface area contributed by atoms with E-state index in [-0.39, 0.29) is 5.91 Å². The lowest BCUT2D eigenvalue weighted by Crippen LogP contribution is -2.49. The summed E-state index contributed by atoms with van der Waals surface area (Å²) in [6.45, 7) is 2.71. The average molecular weight is 401 g/mol. The fourth-order valence-corrected chi connectivity index (χ4v) is 6.75. The molecule has 2 saturated heterocycles. The van der Waals surface area contributed by atoms with E-state index in [0.29, 0.717) is 23.8 Å². The van der Waals surface area contributed by atoms with Crippen LogP contribution in [0.4, 0.5) is 0 Å². The van der Waals surface area contributed by atoms with Gasteiger partial charge >= 0.3 is 0 Å². The fraction of sp³-hybridized carbons (Fsp3) is 0.739. The summed E-state index contributed by atoms with van der Waals surface area (Å²) in [6.07, 6.45) is 11.9. The molecule has 5 heteroatoms. The van der Waals surface area contributed by atoms with E-state index in [1.807, 2.05) is 0 Å². The maximum atomic E-state index is 13.3. The number of thiophene rings is 1. The van der Waals surface area contributed by atoms with Gasteiger partial charge in [-0.3, -0.25) is 9.59 Å². The Hall–Kier alpha value is -1.36. The van der Waals surface area contributed by atoms with Gasteiger partial charge in [0.25, 0.3) is 5.91 Å². The van der Waals surface area contributed by atoms with Crippen LogP contribution in [0, 0.1) is 11.8 Å².